The zero-order valence-corrected chi connectivity index (χ0v) is 47.2. The standard InChI is InChI=1S/C61H80FN9O7/c1-36(63-10)53(72)67-51(60(4,5)6)58(77)69-32-31-41-20-13-15-24-46(41)50(69)57(76)70(38(3)44-22-16-17-25-47(44)62)34-39-27-29-42(30-28-39)55(74)65-43-33-49(56(75)66-48-26-18-21-40-19-12-14-23-45(40)48)71(35-43)59(78)52(61(7,8)9)68-54(73)37(2)64-11/h12-17,19-20,22-25,27-30,36-38,43,48-52,63-64H,18,21,26,31-35H2,1-11H3,(H,65,74)(H,66,75)(H,67,72)(H,68,73)/t36?,37?,38-,43+,48-,49+,50+,51?,52?/m1/s1. The molecule has 0 spiro atoms. The van der Waals surface area contributed by atoms with Gasteiger partial charge < -0.3 is 46.6 Å². The smallest absolute Gasteiger partial charge is 0.251 e. The van der Waals surface area contributed by atoms with Crippen LogP contribution in [-0.4, -0.2) is 119 Å². The summed E-state index contributed by atoms with van der Waals surface area (Å²) in [6, 6.07) is 21.5. The Labute approximate surface area is 459 Å². The van der Waals surface area contributed by atoms with Crippen LogP contribution in [0.1, 0.15) is 143 Å². The number of aryl methyl sites for hydroxylation is 1. The highest BCUT2D eigenvalue weighted by molar-refractivity contribution is 5.97. The van der Waals surface area contributed by atoms with E-state index < -0.39 is 88.6 Å². The number of amides is 7. The van der Waals surface area contributed by atoms with Crippen molar-refractivity contribution in [3.8, 4) is 0 Å². The molecule has 418 valence electrons. The van der Waals surface area contributed by atoms with Crippen LogP contribution in [0.15, 0.2) is 97.1 Å². The first-order valence-corrected chi connectivity index (χ1v) is 27.4. The molecule has 16 nitrogen and oxygen atoms in total. The van der Waals surface area contributed by atoms with Crippen LogP contribution in [0.4, 0.5) is 4.39 Å². The summed E-state index contributed by atoms with van der Waals surface area (Å²) in [7, 11) is 3.32. The van der Waals surface area contributed by atoms with Crippen molar-refractivity contribution >= 4 is 41.4 Å². The number of rotatable bonds is 17. The highest BCUT2D eigenvalue weighted by Crippen LogP contribution is 2.38. The summed E-state index contributed by atoms with van der Waals surface area (Å²) in [5.41, 5.74) is 3.42. The maximum Gasteiger partial charge on any atom is 0.251 e. The van der Waals surface area contributed by atoms with Gasteiger partial charge in [0.25, 0.3) is 11.8 Å². The van der Waals surface area contributed by atoms with E-state index in [0.717, 1.165) is 30.4 Å². The van der Waals surface area contributed by atoms with E-state index in [1.165, 1.54) is 16.5 Å². The lowest BCUT2D eigenvalue weighted by Crippen LogP contribution is -2.60. The molecule has 78 heavy (non-hydrogen) atoms. The molecule has 2 heterocycles. The maximum absolute atomic E-state index is 15.8. The molecule has 3 aliphatic rings. The Kier molecular flexibility index (Phi) is 18.6. The molecule has 6 N–H and O–H groups in total. The van der Waals surface area contributed by atoms with E-state index in [1.54, 1.807) is 87.1 Å². The molecule has 1 aliphatic carbocycles. The summed E-state index contributed by atoms with van der Waals surface area (Å²) in [5, 5.41) is 18.0. The van der Waals surface area contributed by atoms with E-state index in [0.29, 0.717) is 17.5 Å². The number of likely N-dealkylation sites (N-methyl/N-ethyl adjacent to an activating group) is 2. The van der Waals surface area contributed by atoms with Crippen LogP contribution in [0.2, 0.25) is 0 Å². The van der Waals surface area contributed by atoms with Crippen LogP contribution >= 0.6 is 0 Å². The molecule has 9 atom stereocenters. The van der Waals surface area contributed by atoms with Crippen molar-refractivity contribution in [2.24, 2.45) is 10.8 Å². The van der Waals surface area contributed by atoms with Crippen molar-refractivity contribution in [2.75, 3.05) is 27.2 Å². The van der Waals surface area contributed by atoms with Crippen molar-refractivity contribution in [3.63, 3.8) is 0 Å². The second kappa shape index (κ2) is 24.8. The van der Waals surface area contributed by atoms with Crippen molar-refractivity contribution < 1.29 is 38.0 Å². The maximum atomic E-state index is 15.8. The number of carbonyl (C=O) groups excluding carboxylic acids is 7. The van der Waals surface area contributed by atoms with Crippen LogP contribution in [0.25, 0.3) is 0 Å². The van der Waals surface area contributed by atoms with Gasteiger partial charge in [0.05, 0.1) is 24.2 Å². The molecule has 0 saturated carbocycles. The van der Waals surface area contributed by atoms with Gasteiger partial charge in [0.2, 0.25) is 29.5 Å². The molecule has 1 saturated heterocycles. The zero-order valence-electron chi connectivity index (χ0n) is 47.2. The van der Waals surface area contributed by atoms with Crippen molar-refractivity contribution in [3.05, 3.63) is 142 Å². The van der Waals surface area contributed by atoms with E-state index in [9.17, 15) is 28.8 Å². The van der Waals surface area contributed by atoms with E-state index in [1.807, 2.05) is 84.0 Å². The SMILES string of the molecule is CNC(C)C(=O)NC(C(=O)N1CCc2ccccc2[C@H]1C(=O)N(Cc1ccc(C(=O)N[C@H]2C[C@@H](C(=O)N[C@@H]3CCCc4ccccc43)N(C(=O)C(NC(=O)C(C)NC)C(C)(C)C)C2)cc1)[C@H](C)c1ccccc1F)C(C)(C)C. The molecule has 1 fully saturated rings. The number of fused-ring (bicyclic) bond motifs is 2. The van der Waals surface area contributed by atoms with Gasteiger partial charge in [0.1, 0.15) is 30.0 Å². The molecule has 0 aromatic heterocycles. The fraction of sp³-hybridized carbons (Fsp3) is 0.492. The minimum atomic E-state index is -1.13. The first-order chi connectivity index (χ1) is 36.9. The monoisotopic (exact) mass is 1070 g/mol. The van der Waals surface area contributed by atoms with Crippen LogP contribution in [0.3, 0.4) is 0 Å². The van der Waals surface area contributed by atoms with Gasteiger partial charge in [0, 0.05) is 36.8 Å². The van der Waals surface area contributed by atoms with Crippen LogP contribution in [0, 0.1) is 16.6 Å². The Morgan fingerprint density at radius 3 is 1.78 bits per heavy atom. The van der Waals surface area contributed by atoms with Crippen molar-refractivity contribution in [1.82, 2.24) is 46.6 Å². The van der Waals surface area contributed by atoms with Gasteiger partial charge in [-0.25, -0.2) is 4.39 Å². The molecular formula is C61H80FN9O7. The van der Waals surface area contributed by atoms with E-state index >= 15 is 9.18 Å². The number of benzene rings is 4. The summed E-state index contributed by atoms with van der Waals surface area (Å²) in [6.07, 6.45) is 3.12. The molecular weight excluding hydrogens is 990 g/mol. The molecule has 4 unspecified atom stereocenters. The molecule has 0 radical (unpaired) electrons. The third-order valence-corrected chi connectivity index (χ3v) is 15.8. The highest BCUT2D eigenvalue weighted by Gasteiger charge is 2.47. The summed E-state index contributed by atoms with van der Waals surface area (Å²) < 4.78 is 15.8. The van der Waals surface area contributed by atoms with Crippen molar-refractivity contribution in [2.45, 2.75) is 155 Å². The third kappa shape index (κ3) is 13.3. The first-order valence-electron chi connectivity index (χ1n) is 27.4. The van der Waals surface area contributed by atoms with Gasteiger partial charge in [-0.3, -0.25) is 33.6 Å². The van der Waals surface area contributed by atoms with E-state index in [-0.39, 0.29) is 60.9 Å². The normalized spacial score (nSPS) is 20.2. The number of nitrogens with zero attached hydrogens (tertiary/aromatic N) is 3. The number of hydrogen-bond acceptors (Lipinski definition) is 9. The van der Waals surface area contributed by atoms with Crippen LogP contribution < -0.4 is 31.9 Å². The van der Waals surface area contributed by atoms with Crippen molar-refractivity contribution in [1.29, 1.82) is 0 Å². The minimum absolute atomic E-state index is 0.0127. The number of halogens is 1. The largest absolute Gasteiger partial charge is 0.347 e. The lowest BCUT2D eigenvalue weighted by molar-refractivity contribution is -0.152. The van der Waals surface area contributed by atoms with E-state index in [4.69, 9.17) is 0 Å². The molecule has 0 bridgehead atoms. The van der Waals surface area contributed by atoms with Crippen LogP contribution in [0.5, 0.6) is 0 Å². The van der Waals surface area contributed by atoms with Gasteiger partial charge >= 0.3 is 0 Å². The Hall–Kier alpha value is -6.98. The summed E-state index contributed by atoms with van der Waals surface area (Å²) in [5.74, 6) is -3.33. The Balaban J connectivity index is 1.16. The topological polar surface area (TPSA) is 201 Å². The van der Waals surface area contributed by atoms with Gasteiger partial charge in [-0.15, -0.1) is 0 Å². The molecule has 7 amide bonds. The highest BCUT2D eigenvalue weighted by atomic mass is 19.1. The number of nitrogens with one attached hydrogen (secondary N) is 6. The fourth-order valence-electron chi connectivity index (χ4n) is 10.9. The van der Waals surface area contributed by atoms with Gasteiger partial charge in [-0.1, -0.05) is 120 Å². The average Bonchev–Trinajstić information content (AvgIpc) is 4.01. The number of likely N-dealkylation sites (tertiary alicyclic amines) is 1. The molecule has 4 aromatic rings. The third-order valence-electron chi connectivity index (χ3n) is 15.8. The predicted octanol–water partition coefficient (Wildman–Crippen LogP) is 6.21. The second-order valence-electron chi connectivity index (χ2n) is 23.4. The number of hydrogen-bond donors (Lipinski definition) is 6. The minimum Gasteiger partial charge on any atom is -0.347 e. The molecule has 17 heteroatoms. The zero-order chi connectivity index (χ0) is 56.8. The Morgan fingerprint density at radius 1 is 0.667 bits per heavy atom. The first kappa shape index (κ1) is 58.7. The molecule has 2 aliphatic heterocycles. The summed E-state index contributed by atoms with van der Waals surface area (Å²) >= 11 is 0. The molecule has 4 aromatic carbocycles. The second-order valence-corrected chi connectivity index (χ2v) is 23.4. The predicted molar refractivity (Wildman–Crippen MR) is 298 cm³/mol. The van der Waals surface area contributed by atoms with Gasteiger partial charge in [-0.05, 0) is 124 Å². The number of carbonyl (C=O) groups is 7. The Morgan fingerprint density at radius 2 is 1.21 bits per heavy atom. The lowest BCUT2D eigenvalue weighted by atomic mass is 9.83. The quantitative estimate of drug-likeness (QED) is 0.0711. The van der Waals surface area contributed by atoms with Gasteiger partial charge in [-0.2, -0.15) is 0 Å². The van der Waals surface area contributed by atoms with Crippen LogP contribution in [-0.2, 0) is 48.2 Å². The lowest BCUT2D eigenvalue weighted by Gasteiger charge is -2.43. The fourth-order valence-corrected chi connectivity index (χ4v) is 10.9. The Bertz CT molecular complexity index is 2850. The van der Waals surface area contributed by atoms with Gasteiger partial charge in [0.15, 0.2) is 0 Å². The molecule has 7 rings (SSSR count). The summed E-state index contributed by atoms with van der Waals surface area (Å²) in [4.78, 5) is 105. The summed E-state index contributed by atoms with van der Waals surface area (Å²) in [6.45, 7) is 16.5. The van der Waals surface area contributed by atoms with E-state index in [2.05, 4.69) is 38.0 Å². The average molecular weight is 1070 g/mol.